The minimum absolute atomic E-state index is 0.0481. The highest BCUT2D eigenvalue weighted by atomic mass is 16.5. The number of nitriles is 4. The molecule has 1 fully saturated rings. The standard InChI is InChI=1S/C15H14N4O/c1-10(2)12-5-13-11(3-4-20-13)14(6-16,7-17)15(12,8-18)9-19/h5,10-12H,3-4H2,1-2H3/t11-,12-/m0/s1. The first-order chi connectivity index (χ1) is 9.52. The van der Waals surface area contributed by atoms with E-state index in [0.29, 0.717) is 18.8 Å². The lowest BCUT2D eigenvalue weighted by Crippen LogP contribution is -2.52. The number of rotatable bonds is 1. The van der Waals surface area contributed by atoms with E-state index in [-0.39, 0.29) is 5.92 Å². The van der Waals surface area contributed by atoms with Gasteiger partial charge in [0.2, 0.25) is 0 Å². The first kappa shape index (κ1) is 13.9. The summed E-state index contributed by atoms with van der Waals surface area (Å²) >= 11 is 0. The lowest BCUT2D eigenvalue weighted by Gasteiger charge is -2.44. The number of allylic oxidation sites excluding steroid dienone is 2. The van der Waals surface area contributed by atoms with Gasteiger partial charge in [-0.05, 0) is 18.4 Å². The third-order valence-corrected chi connectivity index (χ3v) is 4.43. The van der Waals surface area contributed by atoms with Crippen molar-refractivity contribution in [3.05, 3.63) is 11.8 Å². The second-order valence-electron chi connectivity index (χ2n) is 5.59. The van der Waals surface area contributed by atoms with E-state index in [0.717, 1.165) is 0 Å². The Kier molecular flexibility index (Phi) is 3.17. The summed E-state index contributed by atoms with van der Waals surface area (Å²) in [5.74, 6) is -0.450. The summed E-state index contributed by atoms with van der Waals surface area (Å²) in [4.78, 5) is 0. The molecule has 5 nitrogen and oxygen atoms in total. The van der Waals surface area contributed by atoms with Crippen molar-refractivity contribution in [1.29, 1.82) is 21.0 Å². The molecule has 2 atom stereocenters. The molecule has 0 aromatic heterocycles. The van der Waals surface area contributed by atoms with Gasteiger partial charge in [-0.15, -0.1) is 0 Å². The molecule has 0 unspecified atom stereocenters. The maximum absolute atomic E-state index is 9.63. The van der Waals surface area contributed by atoms with Crippen molar-refractivity contribution in [2.45, 2.75) is 20.3 Å². The van der Waals surface area contributed by atoms with E-state index >= 15 is 0 Å². The highest BCUT2D eigenvalue weighted by molar-refractivity contribution is 5.44. The van der Waals surface area contributed by atoms with Crippen LogP contribution in [0, 0.1) is 73.9 Å². The minimum atomic E-state index is -1.67. The van der Waals surface area contributed by atoms with Gasteiger partial charge in [0, 0.05) is 5.92 Å². The van der Waals surface area contributed by atoms with Gasteiger partial charge in [0.1, 0.15) is 0 Å². The SMILES string of the molecule is CC(C)[C@@H]1C=C2OCC[C@@H]2C(C#N)(C#N)C1(C#N)C#N. The zero-order valence-corrected chi connectivity index (χ0v) is 11.4. The Balaban J connectivity index is 2.80. The second-order valence-corrected chi connectivity index (χ2v) is 5.59. The van der Waals surface area contributed by atoms with E-state index in [4.69, 9.17) is 4.74 Å². The normalized spacial score (nSPS) is 28.9. The monoisotopic (exact) mass is 266 g/mol. The van der Waals surface area contributed by atoms with Crippen LogP contribution in [0.1, 0.15) is 20.3 Å². The zero-order chi connectivity index (χ0) is 15.0. The quantitative estimate of drug-likeness (QED) is 0.723. The Bertz CT molecular complexity index is 592. The van der Waals surface area contributed by atoms with Gasteiger partial charge in [-0.2, -0.15) is 21.0 Å². The molecule has 1 aliphatic heterocycles. The van der Waals surface area contributed by atoms with Crippen LogP contribution < -0.4 is 0 Å². The number of hydrogen-bond acceptors (Lipinski definition) is 5. The summed E-state index contributed by atoms with van der Waals surface area (Å²) < 4.78 is 5.52. The van der Waals surface area contributed by atoms with Gasteiger partial charge in [0.15, 0.2) is 10.8 Å². The van der Waals surface area contributed by atoms with Crippen LogP contribution in [0.25, 0.3) is 0 Å². The van der Waals surface area contributed by atoms with Crippen LogP contribution in [-0.4, -0.2) is 6.61 Å². The van der Waals surface area contributed by atoms with Crippen LogP contribution in [0.3, 0.4) is 0 Å². The average Bonchev–Trinajstić information content (AvgIpc) is 2.93. The van der Waals surface area contributed by atoms with Crippen molar-refractivity contribution in [3.63, 3.8) is 0 Å². The van der Waals surface area contributed by atoms with Gasteiger partial charge < -0.3 is 4.74 Å². The van der Waals surface area contributed by atoms with Crippen LogP contribution >= 0.6 is 0 Å². The Morgan fingerprint density at radius 3 is 2.10 bits per heavy atom. The van der Waals surface area contributed by atoms with E-state index in [9.17, 15) is 21.0 Å². The first-order valence-corrected chi connectivity index (χ1v) is 6.52. The van der Waals surface area contributed by atoms with Gasteiger partial charge in [-0.3, -0.25) is 0 Å². The smallest absolute Gasteiger partial charge is 0.185 e. The Hall–Kier alpha value is -2.50. The number of nitrogens with zero attached hydrogens (tertiary/aromatic N) is 4. The Labute approximate surface area is 118 Å². The van der Waals surface area contributed by atoms with Crippen molar-refractivity contribution in [2.75, 3.05) is 6.61 Å². The fourth-order valence-corrected chi connectivity index (χ4v) is 3.37. The number of fused-ring (bicyclic) bond motifs is 1. The molecule has 0 radical (unpaired) electrons. The molecule has 1 saturated heterocycles. The topological polar surface area (TPSA) is 104 Å². The van der Waals surface area contributed by atoms with Gasteiger partial charge in [0.05, 0.1) is 42.6 Å². The molecular formula is C15H14N4O. The molecule has 0 aromatic carbocycles. The van der Waals surface area contributed by atoms with E-state index < -0.39 is 22.7 Å². The molecule has 20 heavy (non-hydrogen) atoms. The Morgan fingerprint density at radius 1 is 1.10 bits per heavy atom. The largest absolute Gasteiger partial charge is 0.498 e. The minimum Gasteiger partial charge on any atom is -0.498 e. The van der Waals surface area contributed by atoms with Crippen molar-refractivity contribution in [1.82, 2.24) is 0 Å². The van der Waals surface area contributed by atoms with Crippen LogP contribution in [0.5, 0.6) is 0 Å². The van der Waals surface area contributed by atoms with Gasteiger partial charge in [-0.1, -0.05) is 13.8 Å². The maximum Gasteiger partial charge on any atom is 0.185 e. The fourth-order valence-electron chi connectivity index (χ4n) is 3.37. The third-order valence-electron chi connectivity index (χ3n) is 4.43. The van der Waals surface area contributed by atoms with Crippen molar-refractivity contribution < 1.29 is 4.74 Å². The molecule has 2 aliphatic rings. The van der Waals surface area contributed by atoms with E-state index in [1.165, 1.54) is 0 Å². The molecule has 5 heteroatoms. The maximum atomic E-state index is 9.63. The molecule has 0 amide bonds. The lowest BCUT2D eigenvalue weighted by atomic mass is 9.49. The molecule has 1 aliphatic carbocycles. The molecule has 0 spiro atoms. The van der Waals surface area contributed by atoms with Crippen LogP contribution in [-0.2, 0) is 4.74 Å². The number of hydrogen-bond donors (Lipinski definition) is 0. The summed E-state index contributed by atoms with van der Waals surface area (Å²) in [6.07, 6.45) is 2.27. The number of ether oxygens (including phenoxy) is 1. The molecule has 0 aromatic rings. The average molecular weight is 266 g/mol. The van der Waals surface area contributed by atoms with Gasteiger partial charge in [-0.25, -0.2) is 0 Å². The highest BCUT2D eigenvalue weighted by Gasteiger charge is 2.67. The van der Waals surface area contributed by atoms with Gasteiger partial charge in [0.25, 0.3) is 0 Å². The highest BCUT2D eigenvalue weighted by Crippen LogP contribution is 2.59. The molecule has 0 bridgehead atoms. The summed E-state index contributed by atoms with van der Waals surface area (Å²) in [5.41, 5.74) is -3.33. The zero-order valence-electron chi connectivity index (χ0n) is 11.4. The third kappa shape index (κ3) is 1.39. The summed E-state index contributed by atoms with van der Waals surface area (Å²) in [7, 11) is 0. The first-order valence-electron chi connectivity index (χ1n) is 6.52. The van der Waals surface area contributed by atoms with Crippen LogP contribution in [0.15, 0.2) is 11.8 Å². The van der Waals surface area contributed by atoms with Crippen molar-refractivity contribution in [3.8, 4) is 24.3 Å². The molecular weight excluding hydrogens is 252 g/mol. The summed E-state index contributed by atoms with van der Waals surface area (Å²) in [6, 6.07) is 7.97. The van der Waals surface area contributed by atoms with E-state index in [2.05, 4.69) is 0 Å². The molecule has 100 valence electrons. The second kappa shape index (κ2) is 4.56. The molecule has 2 rings (SSSR count). The predicted molar refractivity (Wildman–Crippen MR) is 67.8 cm³/mol. The summed E-state index contributed by atoms with van der Waals surface area (Å²) in [6.45, 7) is 4.17. The molecule has 0 saturated carbocycles. The summed E-state index contributed by atoms with van der Waals surface area (Å²) in [5, 5.41) is 38.5. The molecule has 0 N–H and O–H groups in total. The van der Waals surface area contributed by atoms with Gasteiger partial charge >= 0.3 is 0 Å². The predicted octanol–water partition coefficient (Wildman–Crippen LogP) is 2.26. The van der Waals surface area contributed by atoms with Crippen molar-refractivity contribution in [2.24, 2.45) is 28.6 Å². The Morgan fingerprint density at radius 2 is 1.65 bits per heavy atom. The van der Waals surface area contributed by atoms with Crippen molar-refractivity contribution >= 4 is 0 Å². The fraction of sp³-hybridized carbons (Fsp3) is 0.600. The van der Waals surface area contributed by atoms with Crippen LogP contribution in [0.2, 0.25) is 0 Å². The lowest BCUT2D eigenvalue weighted by molar-refractivity contribution is 0.106. The van der Waals surface area contributed by atoms with Crippen LogP contribution in [0.4, 0.5) is 0 Å². The van der Waals surface area contributed by atoms with E-state index in [1.807, 2.05) is 38.1 Å². The van der Waals surface area contributed by atoms with E-state index in [1.54, 1.807) is 6.08 Å². The molecule has 1 heterocycles.